The molecule has 0 unspecified atom stereocenters. The van der Waals surface area contributed by atoms with Gasteiger partial charge < -0.3 is 15.2 Å². The molecule has 1 N–H and O–H groups in total. The van der Waals surface area contributed by atoms with Crippen LogP contribution in [-0.4, -0.2) is 17.9 Å². The van der Waals surface area contributed by atoms with Gasteiger partial charge in [0.15, 0.2) is 0 Å². The van der Waals surface area contributed by atoms with Crippen molar-refractivity contribution in [2.75, 3.05) is 0 Å². The van der Waals surface area contributed by atoms with E-state index in [-0.39, 0.29) is 5.41 Å². The molecule has 18 heavy (non-hydrogen) atoms. The summed E-state index contributed by atoms with van der Waals surface area (Å²) in [5.74, 6) is -1.71. The van der Waals surface area contributed by atoms with Gasteiger partial charge in [-0.1, -0.05) is 32.9 Å². The largest absolute Gasteiger partial charge is 0.548 e. The molecule has 1 aromatic rings. The fourth-order valence-electron chi connectivity index (χ4n) is 1.46. The molecule has 0 aliphatic carbocycles. The third kappa shape index (κ3) is 3.58. The molecule has 0 saturated heterocycles. The summed E-state index contributed by atoms with van der Waals surface area (Å²) in [6, 6.07) is 6.13. The monoisotopic (exact) mass is 248 g/mol. The van der Waals surface area contributed by atoms with Crippen molar-refractivity contribution in [1.82, 2.24) is 5.32 Å². The summed E-state index contributed by atoms with van der Waals surface area (Å²) >= 11 is 0. The predicted molar refractivity (Wildman–Crippen MR) is 67.1 cm³/mol. The lowest BCUT2D eigenvalue weighted by Gasteiger charge is -2.19. The third-order valence-electron chi connectivity index (χ3n) is 2.71. The molecule has 4 heteroatoms. The van der Waals surface area contributed by atoms with E-state index >= 15 is 0 Å². The summed E-state index contributed by atoms with van der Waals surface area (Å²) < 4.78 is 0. The standard InChI is InChI=1S/C14H19NO3/c1-9(13(17)18)15-12(16)10-5-7-11(8-6-10)14(2,3)4/h5-9H,1-4H3,(H,15,16)(H,17,18)/p-1/t9-/m1/s1. The second-order valence-corrected chi connectivity index (χ2v) is 5.34. The highest BCUT2D eigenvalue weighted by Crippen LogP contribution is 2.22. The van der Waals surface area contributed by atoms with Crippen LogP contribution in [0.25, 0.3) is 0 Å². The van der Waals surface area contributed by atoms with Gasteiger partial charge in [-0.25, -0.2) is 0 Å². The minimum Gasteiger partial charge on any atom is -0.548 e. The molecule has 0 radical (unpaired) electrons. The highest BCUT2D eigenvalue weighted by Gasteiger charge is 2.15. The Morgan fingerprint density at radius 2 is 1.67 bits per heavy atom. The van der Waals surface area contributed by atoms with E-state index in [1.54, 1.807) is 12.1 Å². The van der Waals surface area contributed by atoms with Crippen LogP contribution in [-0.2, 0) is 10.2 Å². The molecule has 1 rings (SSSR count). The van der Waals surface area contributed by atoms with E-state index in [0.29, 0.717) is 5.56 Å². The summed E-state index contributed by atoms with van der Waals surface area (Å²) in [6.45, 7) is 7.62. The van der Waals surface area contributed by atoms with Crippen molar-refractivity contribution in [3.8, 4) is 0 Å². The molecule has 0 aliphatic rings. The highest BCUT2D eigenvalue weighted by molar-refractivity contribution is 5.96. The Morgan fingerprint density at radius 1 is 1.17 bits per heavy atom. The van der Waals surface area contributed by atoms with Crippen LogP contribution in [0.5, 0.6) is 0 Å². The Bertz CT molecular complexity index is 443. The van der Waals surface area contributed by atoms with Gasteiger partial charge in [-0.3, -0.25) is 4.79 Å². The Balaban J connectivity index is 2.80. The van der Waals surface area contributed by atoms with Gasteiger partial charge >= 0.3 is 0 Å². The van der Waals surface area contributed by atoms with Crippen LogP contribution in [0.15, 0.2) is 24.3 Å². The van der Waals surface area contributed by atoms with Gasteiger partial charge in [0.25, 0.3) is 5.91 Å². The first kappa shape index (κ1) is 14.2. The van der Waals surface area contributed by atoms with Crippen molar-refractivity contribution in [3.05, 3.63) is 35.4 Å². The van der Waals surface area contributed by atoms with Crippen LogP contribution in [0.3, 0.4) is 0 Å². The van der Waals surface area contributed by atoms with Crippen molar-refractivity contribution < 1.29 is 14.7 Å². The zero-order valence-corrected chi connectivity index (χ0v) is 11.1. The smallest absolute Gasteiger partial charge is 0.251 e. The number of carboxylic acid groups (broad SMARTS) is 1. The fraction of sp³-hybridized carbons (Fsp3) is 0.429. The van der Waals surface area contributed by atoms with Gasteiger partial charge in [0, 0.05) is 5.56 Å². The molecular weight excluding hydrogens is 230 g/mol. The van der Waals surface area contributed by atoms with E-state index in [1.807, 2.05) is 12.1 Å². The van der Waals surface area contributed by atoms with Crippen molar-refractivity contribution in [1.29, 1.82) is 0 Å². The lowest BCUT2D eigenvalue weighted by Crippen LogP contribution is -2.45. The average Bonchev–Trinajstić information content (AvgIpc) is 2.27. The average molecular weight is 248 g/mol. The van der Waals surface area contributed by atoms with Crippen LogP contribution in [0.2, 0.25) is 0 Å². The van der Waals surface area contributed by atoms with E-state index < -0.39 is 17.9 Å². The number of carbonyl (C=O) groups is 2. The second-order valence-electron chi connectivity index (χ2n) is 5.34. The number of carbonyl (C=O) groups excluding carboxylic acids is 2. The molecule has 4 nitrogen and oxygen atoms in total. The normalized spacial score (nSPS) is 12.9. The highest BCUT2D eigenvalue weighted by atomic mass is 16.4. The Hall–Kier alpha value is -1.84. The number of benzene rings is 1. The maximum Gasteiger partial charge on any atom is 0.251 e. The Morgan fingerprint density at radius 3 is 2.06 bits per heavy atom. The number of amides is 1. The first-order valence-corrected chi connectivity index (χ1v) is 5.84. The Labute approximate surface area is 107 Å². The van der Waals surface area contributed by atoms with Crippen LogP contribution in [0.4, 0.5) is 0 Å². The van der Waals surface area contributed by atoms with Crippen molar-refractivity contribution >= 4 is 11.9 Å². The van der Waals surface area contributed by atoms with Crippen molar-refractivity contribution in [2.24, 2.45) is 0 Å². The van der Waals surface area contributed by atoms with E-state index in [2.05, 4.69) is 26.1 Å². The summed E-state index contributed by atoms with van der Waals surface area (Å²) in [5.41, 5.74) is 1.58. The molecule has 98 valence electrons. The number of rotatable bonds is 3. The SMILES string of the molecule is C[C@@H](NC(=O)c1ccc(C(C)(C)C)cc1)C(=O)[O-]. The van der Waals surface area contributed by atoms with Gasteiger partial charge in [0.2, 0.25) is 0 Å². The minimum atomic E-state index is -1.30. The topological polar surface area (TPSA) is 69.2 Å². The van der Waals surface area contributed by atoms with E-state index in [9.17, 15) is 14.7 Å². The Kier molecular flexibility index (Phi) is 4.11. The summed E-state index contributed by atoms with van der Waals surface area (Å²) in [4.78, 5) is 22.2. The van der Waals surface area contributed by atoms with Crippen LogP contribution in [0.1, 0.15) is 43.6 Å². The number of nitrogens with one attached hydrogen (secondary N) is 1. The first-order valence-electron chi connectivity index (χ1n) is 5.84. The fourth-order valence-corrected chi connectivity index (χ4v) is 1.46. The van der Waals surface area contributed by atoms with Crippen molar-refractivity contribution in [3.63, 3.8) is 0 Å². The molecule has 1 atom stereocenters. The number of aliphatic carboxylic acids is 1. The van der Waals surface area contributed by atoms with Gasteiger partial charge in [-0.05, 0) is 30.0 Å². The van der Waals surface area contributed by atoms with E-state index in [1.165, 1.54) is 6.92 Å². The minimum absolute atomic E-state index is 0.0211. The zero-order valence-electron chi connectivity index (χ0n) is 11.1. The predicted octanol–water partition coefficient (Wildman–Crippen LogP) is 0.852. The molecule has 1 aromatic carbocycles. The van der Waals surface area contributed by atoms with Gasteiger partial charge in [0.05, 0.1) is 12.0 Å². The maximum atomic E-state index is 11.7. The van der Waals surface area contributed by atoms with Crippen LogP contribution >= 0.6 is 0 Å². The van der Waals surface area contributed by atoms with Crippen LogP contribution in [0, 0.1) is 0 Å². The molecule has 0 aliphatic heterocycles. The number of carboxylic acids is 1. The summed E-state index contributed by atoms with van der Waals surface area (Å²) in [6.07, 6.45) is 0. The quantitative estimate of drug-likeness (QED) is 0.862. The lowest BCUT2D eigenvalue weighted by molar-refractivity contribution is -0.307. The van der Waals surface area contributed by atoms with E-state index in [0.717, 1.165) is 5.56 Å². The van der Waals surface area contributed by atoms with Crippen LogP contribution < -0.4 is 10.4 Å². The molecule has 0 heterocycles. The molecule has 1 amide bonds. The lowest BCUT2D eigenvalue weighted by atomic mass is 9.86. The van der Waals surface area contributed by atoms with E-state index in [4.69, 9.17) is 0 Å². The first-order chi connectivity index (χ1) is 8.21. The van der Waals surface area contributed by atoms with Gasteiger partial charge in [0.1, 0.15) is 0 Å². The molecule has 0 aromatic heterocycles. The molecule has 0 bridgehead atoms. The maximum absolute atomic E-state index is 11.7. The number of hydrogen-bond acceptors (Lipinski definition) is 3. The molecular formula is C14H18NO3-. The van der Waals surface area contributed by atoms with Gasteiger partial charge in [-0.2, -0.15) is 0 Å². The molecule has 0 spiro atoms. The van der Waals surface area contributed by atoms with Crippen molar-refractivity contribution in [2.45, 2.75) is 39.2 Å². The zero-order chi connectivity index (χ0) is 13.9. The number of hydrogen-bond donors (Lipinski definition) is 1. The second kappa shape index (κ2) is 5.21. The third-order valence-corrected chi connectivity index (χ3v) is 2.71. The van der Waals surface area contributed by atoms with Gasteiger partial charge in [-0.15, -0.1) is 0 Å². The molecule has 0 saturated carbocycles. The summed E-state index contributed by atoms with van der Waals surface area (Å²) in [7, 11) is 0. The summed E-state index contributed by atoms with van der Waals surface area (Å²) in [5, 5.41) is 12.9. The molecule has 0 fully saturated rings.